The van der Waals surface area contributed by atoms with E-state index in [0.29, 0.717) is 19.4 Å². The van der Waals surface area contributed by atoms with Crippen LogP contribution in [-0.2, 0) is 4.74 Å². The molecular weight excluding hydrogens is 271 g/mol. The molecule has 1 saturated carbocycles. The number of hydrogen-bond acceptors (Lipinski definition) is 3. The van der Waals surface area contributed by atoms with E-state index in [0.717, 1.165) is 25.7 Å². The Bertz CT molecular complexity index is 491. The monoisotopic (exact) mass is 294 g/mol. The van der Waals surface area contributed by atoms with Crippen LogP contribution in [0.25, 0.3) is 0 Å². The van der Waals surface area contributed by atoms with E-state index in [1.807, 2.05) is 6.92 Å². The Morgan fingerprint density at radius 1 is 1.24 bits per heavy atom. The zero-order chi connectivity index (χ0) is 15.3. The molecule has 116 valence electrons. The van der Waals surface area contributed by atoms with Gasteiger partial charge in [0.2, 0.25) is 0 Å². The van der Waals surface area contributed by atoms with Crippen molar-refractivity contribution in [2.75, 3.05) is 13.7 Å². The Hall–Kier alpha value is -1.42. The summed E-state index contributed by atoms with van der Waals surface area (Å²) in [5.74, 6) is -0.739. The number of carbonyl (C=O) groups excluding carboxylic acids is 1. The lowest BCUT2D eigenvalue weighted by Gasteiger charge is -2.31. The van der Waals surface area contributed by atoms with Crippen LogP contribution in [0, 0.1) is 5.82 Å². The van der Waals surface area contributed by atoms with E-state index in [-0.39, 0.29) is 17.1 Å². The van der Waals surface area contributed by atoms with Gasteiger partial charge in [0.25, 0.3) is 0 Å². The van der Waals surface area contributed by atoms with E-state index in [4.69, 9.17) is 9.47 Å². The van der Waals surface area contributed by atoms with Crippen LogP contribution in [0.15, 0.2) is 18.2 Å². The minimum absolute atomic E-state index is 0.0738. The summed E-state index contributed by atoms with van der Waals surface area (Å²) in [6.07, 6.45) is 5.41. The molecule has 1 fully saturated rings. The zero-order valence-corrected chi connectivity index (χ0v) is 12.8. The molecule has 21 heavy (non-hydrogen) atoms. The van der Waals surface area contributed by atoms with Crippen molar-refractivity contribution in [1.82, 2.24) is 0 Å². The minimum Gasteiger partial charge on any atom is -0.494 e. The Kier molecular flexibility index (Phi) is 5.34. The van der Waals surface area contributed by atoms with Crippen LogP contribution in [0.2, 0.25) is 0 Å². The highest BCUT2D eigenvalue weighted by molar-refractivity contribution is 6.03. The highest BCUT2D eigenvalue weighted by atomic mass is 19.1. The number of ether oxygens (including phenoxy) is 2. The molecule has 0 bridgehead atoms. The van der Waals surface area contributed by atoms with Crippen molar-refractivity contribution in [1.29, 1.82) is 0 Å². The van der Waals surface area contributed by atoms with E-state index >= 15 is 0 Å². The Morgan fingerprint density at radius 3 is 2.48 bits per heavy atom. The van der Waals surface area contributed by atoms with Gasteiger partial charge in [0.1, 0.15) is 5.60 Å². The number of hydrogen-bond donors (Lipinski definition) is 0. The molecule has 0 amide bonds. The fraction of sp³-hybridized carbons (Fsp3) is 0.588. The zero-order valence-electron chi connectivity index (χ0n) is 12.8. The number of benzene rings is 1. The topological polar surface area (TPSA) is 35.5 Å². The van der Waals surface area contributed by atoms with Crippen LogP contribution in [0.1, 0.15) is 55.8 Å². The maximum Gasteiger partial charge on any atom is 0.197 e. The molecule has 0 atom stereocenters. The molecule has 0 unspecified atom stereocenters. The van der Waals surface area contributed by atoms with E-state index in [9.17, 15) is 9.18 Å². The van der Waals surface area contributed by atoms with Crippen molar-refractivity contribution in [3.63, 3.8) is 0 Å². The first-order valence-electron chi connectivity index (χ1n) is 7.66. The highest BCUT2D eigenvalue weighted by Crippen LogP contribution is 2.35. The van der Waals surface area contributed by atoms with Gasteiger partial charge in [0.05, 0.1) is 12.7 Å². The molecule has 0 saturated heterocycles. The number of carbonyl (C=O) groups is 1. The molecule has 3 nitrogen and oxygen atoms in total. The molecule has 1 aromatic rings. The molecule has 1 aromatic carbocycles. The van der Waals surface area contributed by atoms with Crippen molar-refractivity contribution in [3.05, 3.63) is 29.6 Å². The third-order valence-corrected chi connectivity index (χ3v) is 4.17. The number of Topliss-reactive ketones (excluding diaryl/α,β-unsaturated/α-hetero) is 1. The standard InChI is InChI=1S/C17H23FO3/c1-3-21-17(11-6-4-5-7-12-17)16(19)13-9-8-10-14(20-2)15(13)18/h8-10H,3-7,11-12H2,1-2H3. The lowest BCUT2D eigenvalue weighted by molar-refractivity contribution is -0.0295. The molecule has 1 aliphatic carbocycles. The first-order chi connectivity index (χ1) is 10.1. The molecule has 0 aliphatic heterocycles. The van der Waals surface area contributed by atoms with E-state index < -0.39 is 11.4 Å². The first kappa shape index (κ1) is 16.0. The van der Waals surface area contributed by atoms with Crippen molar-refractivity contribution in [3.8, 4) is 5.75 Å². The molecule has 0 heterocycles. The summed E-state index contributed by atoms with van der Waals surface area (Å²) in [7, 11) is 1.40. The summed E-state index contributed by atoms with van der Waals surface area (Å²) in [5, 5.41) is 0. The van der Waals surface area contributed by atoms with Gasteiger partial charge in [-0.15, -0.1) is 0 Å². The van der Waals surface area contributed by atoms with Gasteiger partial charge in [-0.3, -0.25) is 4.79 Å². The Labute approximate surface area is 125 Å². The second-order valence-corrected chi connectivity index (χ2v) is 5.49. The smallest absolute Gasteiger partial charge is 0.197 e. The van der Waals surface area contributed by atoms with Crippen LogP contribution in [0.5, 0.6) is 5.75 Å². The minimum atomic E-state index is -0.877. The second-order valence-electron chi connectivity index (χ2n) is 5.49. The number of halogens is 1. The maximum absolute atomic E-state index is 14.4. The predicted octanol–water partition coefficient (Wildman–Crippen LogP) is 4.15. The fourth-order valence-electron chi connectivity index (χ4n) is 3.10. The second kappa shape index (κ2) is 7.03. The largest absolute Gasteiger partial charge is 0.494 e. The third-order valence-electron chi connectivity index (χ3n) is 4.17. The molecule has 0 spiro atoms. The van der Waals surface area contributed by atoms with Gasteiger partial charge in [0.15, 0.2) is 17.3 Å². The van der Waals surface area contributed by atoms with Gasteiger partial charge in [-0.1, -0.05) is 31.7 Å². The van der Waals surface area contributed by atoms with Crippen molar-refractivity contribution in [2.24, 2.45) is 0 Å². The van der Waals surface area contributed by atoms with Crippen LogP contribution in [-0.4, -0.2) is 25.1 Å². The van der Waals surface area contributed by atoms with E-state index in [1.54, 1.807) is 6.07 Å². The van der Waals surface area contributed by atoms with Crippen LogP contribution in [0.3, 0.4) is 0 Å². The van der Waals surface area contributed by atoms with Crippen LogP contribution < -0.4 is 4.74 Å². The molecule has 1 aliphatic rings. The molecular formula is C17H23FO3. The van der Waals surface area contributed by atoms with Gasteiger partial charge < -0.3 is 9.47 Å². The summed E-state index contributed by atoms with van der Waals surface area (Å²) < 4.78 is 25.2. The lowest BCUT2D eigenvalue weighted by Crippen LogP contribution is -2.41. The average molecular weight is 294 g/mol. The molecule has 0 radical (unpaired) electrons. The van der Waals surface area contributed by atoms with Crippen LogP contribution >= 0.6 is 0 Å². The van der Waals surface area contributed by atoms with E-state index in [1.165, 1.54) is 19.2 Å². The van der Waals surface area contributed by atoms with Gasteiger partial charge in [0, 0.05) is 6.61 Å². The summed E-state index contributed by atoms with van der Waals surface area (Å²) in [6, 6.07) is 4.68. The molecule has 2 rings (SSSR count). The highest BCUT2D eigenvalue weighted by Gasteiger charge is 2.41. The predicted molar refractivity (Wildman–Crippen MR) is 79.3 cm³/mol. The Morgan fingerprint density at radius 2 is 1.90 bits per heavy atom. The number of ketones is 1. The van der Waals surface area contributed by atoms with Crippen molar-refractivity contribution < 1.29 is 18.7 Å². The summed E-state index contributed by atoms with van der Waals surface area (Å²) >= 11 is 0. The number of methoxy groups -OCH3 is 1. The number of rotatable bonds is 5. The van der Waals surface area contributed by atoms with Gasteiger partial charge in [-0.25, -0.2) is 4.39 Å². The SMILES string of the molecule is CCOC1(C(=O)c2cccc(OC)c2F)CCCCCC1. The lowest BCUT2D eigenvalue weighted by atomic mass is 9.85. The molecule has 0 N–H and O–H groups in total. The first-order valence-corrected chi connectivity index (χ1v) is 7.66. The van der Waals surface area contributed by atoms with E-state index in [2.05, 4.69) is 0 Å². The van der Waals surface area contributed by atoms with Crippen LogP contribution in [0.4, 0.5) is 4.39 Å². The molecule has 4 heteroatoms. The van der Waals surface area contributed by atoms with Crippen molar-refractivity contribution in [2.45, 2.75) is 51.0 Å². The van der Waals surface area contributed by atoms with Gasteiger partial charge in [-0.2, -0.15) is 0 Å². The molecule has 0 aromatic heterocycles. The Balaban J connectivity index is 2.38. The summed E-state index contributed by atoms with van der Waals surface area (Å²) in [5.41, 5.74) is -0.803. The summed E-state index contributed by atoms with van der Waals surface area (Å²) in [4.78, 5) is 12.9. The quantitative estimate of drug-likeness (QED) is 0.604. The average Bonchev–Trinajstić information content (AvgIpc) is 2.74. The maximum atomic E-state index is 14.4. The summed E-state index contributed by atoms with van der Waals surface area (Å²) in [6.45, 7) is 2.33. The van der Waals surface area contributed by atoms with Gasteiger partial charge >= 0.3 is 0 Å². The van der Waals surface area contributed by atoms with Gasteiger partial charge in [-0.05, 0) is 31.9 Å². The normalized spacial score (nSPS) is 18.0. The fourth-order valence-corrected chi connectivity index (χ4v) is 3.10. The van der Waals surface area contributed by atoms with Crippen molar-refractivity contribution >= 4 is 5.78 Å². The third kappa shape index (κ3) is 3.26.